The van der Waals surface area contributed by atoms with Crippen molar-refractivity contribution in [2.45, 2.75) is 45.6 Å². The van der Waals surface area contributed by atoms with Crippen molar-refractivity contribution in [3.05, 3.63) is 30.3 Å². The third-order valence-electron chi connectivity index (χ3n) is 5.01. The summed E-state index contributed by atoms with van der Waals surface area (Å²) in [7, 11) is 0. The fourth-order valence-electron chi connectivity index (χ4n) is 3.87. The van der Waals surface area contributed by atoms with Gasteiger partial charge in [0, 0.05) is 17.4 Å². The maximum atomic E-state index is 6.35. The van der Waals surface area contributed by atoms with Gasteiger partial charge in [-0.05, 0) is 24.8 Å². The molecule has 91 valence electrons. The Bertz CT molecular complexity index is 409. The molecule has 0 spiro atoms. The second-order valence-electron chi connectivity index (χ2n) is 6.38. The molecule has 1 aromatic carbocycles. The van der Waals surface area contributed by atoms with Crippen molar-refractivity contribution in [1.82, 2.24) is 0 Å². The van der Waals surface area contributed by atoms with Crippen LogP contribution in [0.1, 0.15) is 40.0 Å². The van der Waals surface area contributed by atoms with Crippen LogP contribution < -0.4 is 4.74 Å². The maximum absolute atomic E-state index is 6.35. The standard InChI is InChI=1S/C16H21O/c1-12-9-10-14-15(2,3)16(14,11-12)17-13-7-5-4-6-8-13/h4-7,12,14H,9-11H2,1-3H3. The van der Waals surface area contributed by atoms with Gasteiger partial charge >= 0.3 is 0 Å². The van der Waals surface area contributed by atoms with E-state index in [0.29, 0.717) is 5.41 Å². The van der Waals surface area contributed by atoms with Gasteiger partial charge in [-0.3, -0.25) is 0 Å². The quantitative estimate of drug-likeness (QED) is 0.742. The van der Waals surface area contributed by atoms with Gasteiger partial charge in [0.2, 0.25) is 0 Å². The molecule has 3 atom stereocenters. The van der Waals surface area contributed by atoms with Gasteiger partial charge in [0.15, 0.2) is 0 Å². The molecule has 2 fully saturated rings. The molecule has 0 amide bonds. The van der Waals surface area contributed by atoms with Gasteiger partial charge in [0.05, 0.1) is 0 Å². The molecule has 2 aliphatic rings. The van der Waals surface area contributed by atoms with Gasteiger partial charge in [0.1, 0.15) is 11.4 Å². The number of fused-ring (bicyclic) bond motifs is 1. The first-order chi connectivity index (χ1) is 8.06. The Morgan fingerprint density at radius 1 is 1.29 bits per heavy atom. The zero-order valence-corrected chi connectivity index (χ0v) is 11.0. The van der Waals surface area contributed by atoms with Gasteiger partial charge in [-0.1, -0.05) is 45.4 Å². The molecule has 1 nitrogen and oxygen atoms in total. The molecule has 3 rings (SSSR count). The number of rotatable bonds is 2. The summed E-state index contributed by atoms with van der Waals surface area (Å²) in [4.78, 5) is 0. The van der Waals surface area contributed by atoms with Crippen molar-refractivity contribution in [3.8, 4) is 5.75 Å². The summed E-state index contributed by atoms with van der Waals surface area (Å²) in [6, 6.07) is 11.2. The molecule has 1 radical (unpaired) electrons. The van der Waals surface area contributed by atoms with Crippen LogP contribution in [-0.4, -0.2) is 5.60 Å². The van der Waals surface area contributed by atoms with Crippen molar-refractivity contribution in [3.63, 3.8) is 0 Å². The van der Waals surface area contributed by atoms with E-state index in [1.807, 2.05) is 24.3 Å². The summed E-state index contributed by atoms with van der Waals surface area (Å²) in [6.45, 7) is 7.07. The van der Waals surface area contributed by atoms with Crippen LogP contribution in [0.2, 0.25) is 0 Å². The molecule has 17 heavy (non-hydrogen) atoms. The van der Waals surface area contributed by atoms with E-state index in [0.717, 1.165) is 17.6 Å². The van der Waals surface area contributed by atoms with Crippen LogP contribution >= 0.6 is 0 Å². The predicted molar refractivity (Wildman–Crippen MR) is 68.9 cm³/mol. The van der Waals surface area contributed by atoms with Crippen LogP contribution in [0.4, 0.5) is 0 Å². The molecule has 1 heteroatoms. The monoisotopic (exact) mass is 229 g/mol. The van der Waals surface area contributed by atoms with E-state index in [9.17, 15) is 0 Å². The number of benzene rings is 1. The molecule has 0 aromatic heterocycles. The van der Waals surface area contributed by atoms with E-state index in [4.69, 9.17) is 4.74 Å². The summed E-state index contributed by atoms with van der Waals surface area (Å²) in [5.41, 5.74) is 0.421. The van der Waals surface area contributed by atoms with Gasteiger partial charge in [-0.25, -0.2) is 0 Å². The summed E-state index contributed by atoms with van der Waals surface area (Å²) in [6.07, 6.45) is 3.88. The average molecular weight is 229 g/mol. The predicted octanol–water partition coefficient (Wildman–Crippen LogP) is 4.08. The zero-order chi connectivity index (χ0) is 12.1. The summed E-state index contributed by atoms with van der Waals surface area (Å²) in [5, 5.41) is 0. The smallest absolute Gasteiger partial charge is 0.128 e. The number of hydrogen-bond acceptors (Lipinski definition) is 1. The minimum absolute atomic E-state index is 0.0858. The lowest BCUT2D eigenvalue weighted by Crippen LogP contribution is -2.30. The van der Waals surface area contributed by atoms with Crippen molar-refractivity contribution < 1.29 is 4.74 Å². The average Bonchev–Trinajstić information content (AvgIpc) is 2.75. The lowest BCUT2D eigenvalue weighted by molar-refractivity contribution is 0.0844. The van der Waals surface area contributed by atoms with Gasteiger partial charge in [-0.2, -0.15) is 0 Å². The third-order valence-corrected chi connectivity index (χ3v) is 5.01. The Hall–Kier alpha value is -0.980. The molecule has 1 aromatic rings. The molecular formula is C16H21O. The number of ether oxygens (including phenoxy) is 1. The van der Waals surface area contributed by atoms with Gasteiger partial charge < -0.3 is 4.74 Å². The van der Waals surface area contributed by atoms with Crippen molar-refractivity contribution in [2.75, 3.05) is 0 Å². The van der Waals surface area contributed by atoms with E-state index < -0.39 is 0 Å². The van der Waals surface area contributed by atoms with E-state index in [1.165, 1.54) is 19.3 Å². The lowest BCUT2D eigenvalue weighted by atomic mass is 9.88. The second kappa shape index (κ2) is 3.51. The first kappa shape index (κ1) is 11.1. The Kier molecular flexibility index (Phi) is 2.30. The zero-order valence-electron chi connectivity index (χ0n) is 11.0. The second-order valence-corrected chi connectivity index (χ2v) is 6.38. The van der Waals surface area contributed by atoms with Crippen LogP contribution in [-0.2, 0) is 0 Å². The number of para-hydroxylation sites is 1. The van der Waals surface area contributed by atoms with E-state index in [2.05, 4.69) is 26.8 Å². The third kappa shape index (κ3) is 1.51. The highest BCUT2D eigenvalue weighted by atomic mass is 16.5. The summed E-state index contributed by atoms with van der Waals surface area (Å²) < 4.78 is 6.35. The minimum atomic E-state index is 0.0858. The van der Waals surface area contributed by atoms with Crippen molar-refractivity contribution >= 4 is 0 Å². The first-order valence-electron chi connectivity index (χ1n) is 6.72. The Morgan fingerprint density at radius 2 is 2.12 bits per heavy atom. The van der Waals surface area contributed by atoms with Crippen LogP contribution in [0.25, 0.3) is 0 Å². The normalized spacial score (nSPS) is 38.3. The fourth-order valence-corrected chi connectivity index (χ4v) is 3.87. The molecule has 2 saturated carbocycles. The van der Waals surface area contributed by atoms with Gasteiger partial charge in [0.25, 0.3) is 0 Å². The van der Waals surface area contributed by atoms with Crippen molar-refractivity contribution in [2.24, 2.45) is 17.3 Å². The first-order valence-corrected chi connectivity index (χ1v) is 6.72. The molecular weight excluding hydrogens is 208 g/mol. The van der Waals surface area contributed by atoms with Crippen LogP contribution in [0.5, 0.6) is 5.75 Å². The highest BCUT2D eigenvalue weighted by Gasteiger charge is 2.74. The minimum Gasteiger partial charge on any atom is -0.486 e. The maximum Gasteiger partial charge on any atom is 0.128 e. The number of hydrogen-bond donors (Lipinski definition) is 0. The van der Waals surface area contributed by atoms with E-state index in [-0.39, 0.29) is 5.60 Å². The summed E-state index contributed by atoms with van der Waals surface area (Å²) in [5.74, 6) is 2.44. The van der Waals surface area contributed by atoms with E-state index in [1.54, 1.807) is 0 Å². The summed E-state index contributed by atoms with van der Waals surface area (Å²) >= 11 is 0. The molecule has 0 heterocycles. The molecule has 2 aliphatic carbocycles. The van der Waals surface area contributed by atoms with Crippen molar-refractivity contribution in [1.29, 1.82) is 0 Å². The fraction of sp³-hybridized carbons (Fsp3) is 0.625. The Labute approximate surface area is 104 Å². The van der Waals surface area contributed by atoms with Crippen LogP contribution in [0.3, 0.4) is 0 Å². The Morgan fingerprint density at radius 3 is 2.82 bits per heavy atom. The van der Waals surface area contributed by atoms with Crippen LogP contribution in [0, 0.1) is 23.3 Å². The highest BCUT2D eigenvalue weighted by molar-refractivity contribution is 5.29. The van der Waals surface area contributed by atoms with Crippen LogP contribution in [0.15, 0.2) is 24.3 Å². The van der Waals surface area contributed by atoms with E-state index >= 15 is 0 Å². The molecule has 0 saturated heterocycles. The molecule has 0 aliphatic heterocycles. The Balaban J connectivity index is 1.86. The largest absolute Gasteiger partial charge is 0.486 e. The lowest BCUT2D eigenvalue weighted by Gasteiger charge is -2.29. The topological polar surface area (TPSA) is 9.23 Å². The molecule has 0 N–H and O–H groups in total. The SMILES string of the molecule is CC1CCC2C(C)(C)C2(Oc2[c]cccc2)C1. The highest BCUT2D eigenvalue weighted by Crippen LogP contribution is 2.70. The molecule has 0 bridgehead atoms. The van der Waals surface area contributed by atoms with Gasteiger partial charge in [-0.15, -0.1) is 0 Å². The molecule has 3 unspecified atom stereocenters.